The van der Waals surface area contributed by atoms with Gasteiger partial charge in [-0.05, 0) is 57.8 Å². The highest BCUT2D eigenvalue weighted by Gasteiger charge is 2.44. The summed E-state index contributed by atoms with van der Waals surface area (Å²) in [5.41, 5.74) is 0. The summed E-state index contributed by atoms with van der Waals surface area (Å²) in [6.07, 6.45) is 43.7. The minimum absolute atomic E-state index is 0.0339. The summed E-state index contributed by atoms with van der Waals surface area (Å²) in [6, 6.07) is -0.815. The quantitative estimate of drug-likeness (QED) is 0.0196. The first-order valence-corrected chi connectivity index (χ1v) is 27.3. The van der Waals surface area contributed by atoms with Crippen molar-refractivity contribution < 1.29 is 49.3 Å². The predicted molar refractivity (Wildman–Crippen MR) is 269 cm³/mol. The van der Waals surface area contributed by atoms with Crippen molar-refractivity contribution in [2.75, 3.05) is 19.8 Å². The van der Waals surface area contributed by atoms with Gasteiger partial charge in [-0.2, -0.15) is 0 Å². The molecule has 0 radical (unpaired) electrons. The lowest BCUT2D eigenvalue weighted by Crippen LogP contribution is -2.60. The Labute approximate surface area is 403 Å². The van der Waals surface area contributed by atoms with Crippen LogP contribution in [0.3, 0.4) is 0 Å². The Bertz CT molecular complexity index is 1190. The zero-order chi connectivity index (χ0) is 48.1. The highest BCUT2D eigenvalue weighted by atomic mass is 16.7. The molecule has 0 spiro atoms. The number of allylic oxidation sites excluding steroid dienone is 5. The smallest absolute Gasteiger partial charge is 0.305 e. The summed E-state index contributed by atoms with van der Waals surface area (Å²) in [6.45, 7) is 4.23. The number of rotatable bonds is 46. The van der Waals surface area contributed by atoms with Gasteiger partial charge in [0.2, 0.25) is 5.91 Å². The van der Waals surface area contributed by atoms with Crippen LogP contribution in [0.1, 0.15) is 239 Å². The third-order valence-electron chi connectivity index (χ3n) is 12.7. The van der Waals surface area contributed by atoms with Crippen LogP contribution < -0.4 is 5.32 Å². The van der Waals surface area contributed by atoms with Crippen LogP contribution in [0.15, 0.2) is 36.5 Å². The Morgan fingerprint density at radius 2 is 1.03 bits per heavy atom. The molecule has 11 heteroatoms. The Kier molecular flexibility index (Phi) is 42.5. The molecule has 1 amide bonds. The molecule has 0 aliphatic carbocycles. The van der Waals surface area contributed by atoms with Gasteiger partial charge in [-0.1, -0.05) is 204 Å². The predicted octanol–water partition coefficient (Wildman–Crippen LogP) is 11.6. The van der Waals surface area contributed by atoms with E-state index in [1.165, 1.54) is 128 Å². The summed E-state index contributed by atoms with van der Waals surface area (Å²) >= 11 is 0. The molecular weight excluding hydrogens is 835 g/mol. The number of carbonyl (C=O) groups excluding carboxylic acids is 2. The van der Waals surface area contributed by atoms with Gasteiger partial charge >= 0.3 is 5.97 Å². The van der Waals surface area contributed by atoms with Crippen LogP contribution in [0.2, 0.25) is 0 Å². The van der Waals surface area contributed by atoms with E-state index in [2.05, 4.69) is 43.5 Å². The number of amides is 1. The fraction of sp³-hybridized carbons (Fsp3) is 0.855. The van der Waals surface area contributed by atoms with Crippen LogP contribution in [0.5, 0.6) is 0 Å². The largest absolute Gasteiger partial charge is 0.466 e. The van der Waals surface area contributed by atoms with Crippen molar-refractivity contribution in [3.05, 3.63) is 36.5 Å². The molecule has 66 heavy (non-hydrogen) atoms. The van der Waals surface area contributed by atoms with Crippen LogP contribution in [0, 0.1) is 0 Å². The molecule has 0 aromatic rings. The van der Waals surface area contributed by atoms with Gasteiger partial charge in [0, 0.05) is 12.8 Å². The topological polar surface area (TPSA) is 175 Å². The number of nitrogens with one attached hydrogen (secondary N) is 1. The fourth-order valence-electron chi connectivity index (χ4n) is 8.33. The molecule has 1 saturated heterocycles. The first kappa shape index (κ1) is 61.9. The number of esters is 1. The van der Waals surface area contributed by atoms with E-state index in [4.69, 9.17) is 14.2 Å². The van der Waals surface area contributed by atoms with Crippen LogP contribution in [-0.4, -0.2) is 100 Å². The van der Waals surface area contributed by atoms with E-state index in [0.717, 1.165) is 83.5 Å². The van der Waals surface area contributed by atoms with Gasteiger partial charge < -0.3 is 45.1 Å². The van der Waals surface area contributed by atoms with Crippen molar-refractivity contribution in [3.63, 3.8) is 0 Å². The number of ether oxygens (including phenoxy) is 3. The normalized spacial score (nSPS) is 19.9. The summed E-state index contributed by atoms with van der Waals surface area (Å²) in [7, 11) is 0. The zero-order valence-electron chi connectivity index (χ0n) is 42.2. The zero-order valence-corrected chi connectivity index (χ0v) is 42.2. The van der Waals surface area contributed by atoms with Crippen LogP contribution in [-0.2, 0) is 23.8 Å². The molecule has 7 unspecified atom stereocenters. The average Bonchev–Trinajstić information content (AvgIpc) is 3.31. The molecule has 0 aromatic carbocycles. The van der Waals surface area contributed by atoms with Gasteiger partial charge in [0.05, 0.1) is 32.0 Å². The van der Waals surface area contributed by atoms with Gasteiger partial charge in [-0.15, -0.1) is 0 Å². The highest BCUT2D eigenvalue weighted by molar-refractivity contribution is 5.76. The van der Waals surface area contributed by atoms with Crippen molar-refractivity contribution in [1.82, 2.24) is 5.32 Å². The number of carbonyl (C=O) groups is 2. The molecule has 1 fully saturated rings. The summed E-state index contributed by atoms with van der Waals surface area (Å²) < 4.78 is 16.6. The number of unbranched alkanes of at least 4 members (excludes halogenated alkanes) is 28. The van der Waals surface area contributed by atoms with Crippen molar-refractivity contribution in [3.8, 4) is 0 Å². The maximum atomic E-state index is 13.0. The molecule has 1 aliphatic rings. The monoisotopic (exact) mass is 936 g/mol. The van der Waals surface area contributed by atoms with E-state index in [9.17, 15) is 35.1 Å². The molecule has 0 aromatic heterocycles. The third kappa shape index (κ3) is 35.1. The third-order valence-corrected chi connectivity index (χ3v) is 12.7. The Morgan fingerprint density at radius 1 is 0.561 bits per heavy atom. The van der Waals surface area contributed by atoms with Crippen LogP contribution in [0.4, 0.5) is 0 Å². The first-order chi connectivity index (χ1) is 32.2. The van der Waals surface area contributed by atoms with E-state index >= 15 is 0 Å². The van der Waals surface area contributed by atoms with Gasteiger partial charge in [0.1, 0.15) is 24.4 Å². The SMILES string of the molecule is CCCC/C=C\C/C=C\CCCCCCCC(=O)OCCCCCCCCCCCCCCCCCC(=O)NC(COC1OC(CO)C(O)C(O)C1O)C(O)/C=C/CCCCCCCCC. The van der Waals surface area contributed by atoms with E-state index in [0.29, 0.717) is 19.4 Å². The van der Waals surface area contributed by atoms with Crippen molar-refractivity contribution in [2.24, 2.45) is 0 Å². The molecule has 0 saturated carbocycles. The number of hydrogen-bond acceptors (Lipinski definition) is 10. The van der Waals surface area contributed by atoms with Crippen molar-refractivity contribution in [2.45, 2.75) is 281 Å². The summed E-state index contributed by atoms with van der Waals surface area (Å²) in [4.78, 5) is 25.0. The number of hydrogen-bond donors (Lipinski definition) is 6. The Balaban J connectivity index is 2.08. The average molecular weight is 936 g/mol. The minimum Gasteiger partial charge on any atom is -0.466 e. The molecule has 7 atom stereocenters. The lowest BCUT2D eigenvalue weighted by atomic mass is 9.99. The van der Waals surface area contributed by atoms with Gasteiger partial charge in [-0.3, -0.25) is 9.59 Å². The first-order valence-electron chi connectivity index (χ1n) is 27.3. The second-order valence-electron chi connectivity index (χ2n) is 18.9. The van der Waals surface area contributed by atoms with Crippen LogP contribution >= 0.6 is 0 Å². The number of aliphatic hydroxyl groups excluding tert-OH is 5. The maximum Gasteiger partial charge on any atom is 0.305 e. The molecule has 1 rings (SSSR count). The highest BCUT2D eigenvalue weighted by Crippen LogP contribution is 2.23. The standard InChI is InChI=1S/C55H101NO10/c1-3-5-7-9-11-13-14-15-20-23-27-31-35-39-43-51(60)64-44-40-36-32-28-24-21-18-16-17-19-22-26-30-34-38-42-50(59)56-47(48(58)41-37-33-29-25-12-10-8-6-4-2)46-65-55-54(63)53(62)52(61)49(45-57)66-55/h9,11,14-15,37,41,47-49,52-55,57-58,61-63H,3-8,10,12-13,16-36,38-40,42-46H2,1-2H3,(H,56,59)/b11-9-,15-14-,41-37+. The Morgan fingerprint density at radius 3 is 1.58 bits per heavy atom. The van der Waals surface area contributed by atoms with E-state index in [-0.39, 0.29) is 18.5 Å². The number of aliphatic hydroxyl groups is 5. The lowest BCUT2D eigenvalue weighted by Gasteiger charge is -2.40. The second-order valence-corrected chi connectivity index (χ2v) is 18.9. The molecule has 386 valence electrons. The van der Waals surface area contributed by atoms with E-state index in [1.807, 2.05) is 6.08 Å². The Hall–Kier alpha value is -2.12. The summed E-state index contributed by atoms with van der Waals surface area (Å²) in [5, 5.41) is 54.1. The minimum atomic E-state index is -1.57. The maximum absolute atomic E-state index is 13.0. The molecule has 11 nitrogen and oxygen atoms in total. The van der Waals surface area contributed by atoms with Crippen LogP contribution in [0.25, 0.3) is 0 Å². The van der Waals surface area contributed by atoms with Crippen molar-refractivity contribution in [1.29, 1.82) is 0 Å². The molecule has 1 heterocycles. The fourth-order valence-corrected chi connectivity index (χ4v) is 8.33. The molecule has 1 aliphatic heterocycles. The van der Waals surface area contributed by atoms with Crippen molar-refractivity contribution >= 4 is 11.9 Å². The molecule has 6 N–H and O–H groups in total. The van der Waals surface area contributed by atoms with E-state index < -0.39 is 49.5 Å². The summed E-state index contributed by atoms with van der Waals surface area (Å²) in [5.74, 6) is -0.228. The van der Waals surface area contributed by atoms with Gasteiger partial charge in [0.25, 0.3) is 0 Å². The molecular formula is C55H101NO10. The molecule has 0 bridgehead atoms. The lowest BCUT2D eigenvalue weighted by molar-refractivity contribution is -0.302. The van der Waals surface area contributed by atoms with Gasteiger partial charge in [0.15, 0.2) is 6.29 Å². The second kappa shape index (κ2) is 45.3. The van der Waals surface area contributed by atoms with Gasteiger partial charge in [-0.25, -0.2) is 0 Å². The van der Waals surface area contributed by atoms with E-state index in [1.54, 1.807) is 6.08 Å².